The zero-order chi connectivity index (χ0) is 29.6. The zero-order valence-electron chi connectivity index (χ0n) is 25.8. The van der Waals surface area contributed by atoms with Gasteiger partial charge in [-0.3, -0.25) is 4.98 Å². The third kappa shape index (κ3) is 3.41. The smallest absolute Gasteiger partial charge is 0.131 e. The molecule has 0 saturated heterocycles. The van der Waals surface area contributed by atoms with Crippen LogP contribution in [0.3, 0.4) is 0 Å². The van der Waals surface area contributed by atoms with Gasteiger partial charge in [-0.05, 0) is 60.6 Å². The van der Waals surface area contributed by atoms with Gasteiger partial charge in [-0.2, -0.15) is 0 Å². The van der Waals surface area contributed by atoms with Gasteiger partial charge < -0.3 is 9.30 Å². The van der Waals surface area contributed by atoms with E-state index in [0.717, 1.165) is 31.4 Å². The Bertz CT molecular complexity index is 2000. The molecule has 5 aliphatic carbocycles. The molecule has 3 heterocycles. The molecule has 3 aromatic rings. The number of aromatic nitrogens is 2. The quantitative estimate of drug-likeness (QED) is 0.305. The molecule has 44 heavy (non-hydrogen) atoms. The van der Waals surface area contributed by atoms with Crippen LogP contribution in [-0.2, 0) is 5.41 Å². The zero-order valence-corrected chi connectivity index (χ0v) is 25.8. The van der Waals surface area contributed by atoms with Crippen LogP contribution in [0.2, 0.25) is 0 Å². The first-order valence-electron chi connectivity index (χ1n) is 16.3. The number of fused-ring (bicyclic) bond motifs is 9. The van der Waals surface area contributed by atoms with Crippen molar-refractivity contribution in [2.45, 2.75) is 63.9 Å². The van der Waals surface area contributed by atoms with Crippen LogP contribution in [0.4, 0.5) is 0 Å². The molecule has 0 amide bonds. The number of ether oxygens (including phenoxy) is 1. The normalized spacial score (nSPS) is 28.8. The summed E-state index contributed by atoms with van der Waals surface area (Å²) in [5.74, 6) is 1.71. The Morgan fingerprint density at radius 3 is 2.70 bits per heavy atom. The third-order valence-electron chi connectivity index (χ3n) is 11.6. The Morgan fingerprint density at radius 1 is 0.932 bits per heavy atom. The predicted molar refractivity (Wildman–Crippen MR) is 181 cm³/mol. The molecule has 2 unspecified atom stereocenters. The molecule has 0 radical (unpaired) electrons. The lowest BCUT2D eigenvalue weighted by molar-refractivity contribution is 0.187. The summed E-state index contributed by atoms with van der Waals surface area (Å²) in [6.07, 6.45) is 36.0. The second kappa shape index (κ2) is 9.32. The van der Waals surface area contributed by atoms with Crippen LogP contribution in [0, 0.1) is 11.3 Å². The fourth-order valence-electron chi connectivity index (χ4n) is 8.94. The second-order valence-electron chi connectivity index (χ2n) is 13.9. The summed E-state index contributed by atoms with van der Waals surface area (Å²) in [6, 6.07) is 8.92. The lowest BCUT2D eigenvalue weighted by atomic mass is 9.56. The van der Waals surface area contributed by atoms with Crippen molar-refractivity contribution in [1.82, 2.24) is 9.55 Å². The van der Waals surface area contributed by atoms with Gasteiger partial charge in [0.15, 0.2) is 0 Å². The molecule has 1 aliphatic heterocycles. The summed E-state index contributed by atoms with van der Waals surface area (Å²) in [4.78, 5) is 4.68. The molecule has 218 valence electrons. The van der Waals surface area contributed by atoms with Crippen molar-refractivity contribution in [2.24, 2.45) is 11.3 Å². The molecule has 0 saturated carbocycles. The van der Waals surface area contributed by atoms with Crippen molar-refractivity contribution >= 4 is 27.7 Å². The van der Waals surface area contributed by atoms with Crippen LogP contribution in [0.5, 0.6) is 5.75 Å². The van der Waals surface area contributed by atoms with Crippen LogP contribution in [0.1, 0.15) is 74.8 Å². The van der Waals surface area contributed by atoms with Crippen LogP contribution in [0.15, 0.2) is 115 Å². The van der Waals surface area contributed by atoms with Crippen molar-refractivity contribution in [3.8, 4) is 5.75 Å². The van der Waals surface area contributed by atoms with Crippen LogP contribution in [0.25, 0.3) is 27.7 Å². The molecule has 0 N–H and O–H groups in total. The number of hydrogen-bond acceptors (Lipinski definition) is 2. The van der Waals surface area contributed by atoms with Gasteiger partial charge in [0.05, 0.1) is 5.52 Å². The number of hydrogen-bond donors (Lipinski definition) is 0. The van der Waals surface area contributed by atoms with E-state index in [1.165, 1.54) is 55.7 Å². The Hall–Kier alpha value is -4.37. The number of nitrogens with zero attached hydrogens (tertiary/aromatic N) is 2. The van der Waals surface area contributed by atoms with Gasteiger partial charge in [-0.15, -0.1) is 0 Å². The topological polar surface area (TPSA) is 27.1 Å². The summed E-state index contributed by atoms with van der Waals surface area (Å²) in [5, 5.41) is 1.28. The maximum absolute atomic E-state index is 6.54. The Labute approximate surface area is 260 Å². The van der Waals surface area contributed by atoms with Crippen molar-refractivity contribution in [2.75, 3.05) is 0 Å². The molecular formula is C41H38N2O. The van der Waals surface area contributed by atoms with Gasteiger partial charge >= 0.3 is 0 Å². The van der Waals surface area contributed by atoms with Crippen LogP contribution < -0.4 is 4.74 Å². The molecule has 6 aliphatic rings. The van der Waals surface area contributed by atoms with Gasteiger partial charge in [0.1, 0.15) is 11.9 Å². The summed E-state index contributed by atoms with van der Waals surface area (Å²) in [6.45, 7) is 7.43. The molecule has 1 aromatic carbocycles. The highest BCUT2D eigenvalue weighted by molar-refractivity contribution is 5.99. The van der Waals surface area contributed by atoms with Gasteiger partial charge in [-0.25, -0.2) is 0 Å². The van der Waals surface area contributed by atoms with Crippen molar-refractivity contribution < 1.29 is 4.74 Å². The van der Waals surface area contributed by atoms with Gasteiger partial charge in [0.2, 0.25) is 0 Å². The third-order valence-corrected chi connectivity index (χ3v) is 11.6. The lowest BCUT2D eigenvalue weighted by Crippen LogP contribution is -2.44. The molecule has 4 atom stereocenters. The van der Waals surface area contributed by atoms with E-state index in [0.29, 0.717) is 11.8 Å². The minimum absolute atomic E-state index is 0.0767. The first-order chi connectivity index (χ1) is 21.5. The van der Waals surface area contributed by atoms with Gasteiger partial charge in [-0.1, -0.05) is 99.7 Å². The van der Waals surface area contributed by atoms with Gasteiger partial charge in [0.25, 0.3) is 0 Å². The highest BCUT2D eigenvalue weighted by atomic mass is 16.5. The summed E-state index contributed by atoms with van der Waals surface area (Å²) >= 11 is 0. The largest absolute Gasteiger partial charge is 0.484 e. The molecule has 0 bridgehead atoms. The monoisotopic (exact) mass is 574 g/mol. The van der Waals surface area contributed by atoms with Crippen LogP contribution in [-0.4, -0.2) is 15.7 Å². The number of rotatable bonds is 2. The van der Waals surface area contributed by atoms with E-state index >= 15 is 0 Å². The minimum Gasteiger partial charge on any atom is -0.484 e. The highest BCUT2D eigenvalue weighted by Crippen LogP contribution is 2.60. The Kier molecular flexibility index (Phi) is 5.52. The number of para-hydroxylation sites is 1. The molecule has 2 aromatic heterocycles. The van der Waals surface area contributed by atoms with Crippen LogP contribution >= 0.6 is 0 Å². The molecule has 0 spiro atoms. The summed E-state index contributed by atoms with van der Waals surface area (Å²) in [5.41, 5.74) is 12.2. The Morgan fingerprint density at radius 2 is 1.82 bits per heavy atom. The van der Waals surface area contributed by atoms with E-state index < -0.39 is 0 Å². The lowest BCUT2D eigenvalue weighted by Gasteiger charge is -2.48. The molecule has 9 rings (SSSR count). The van der Waals surface area contributed by atoms with Gasteiger partial charge in [0, 0.05) is 68.5 Å². The van der Waals surface area contributed by atoms with E-state index in [4.69, 9.17) is 4.74 Å². The average molecular weight is 575 g/mol. The van der Waals surface area contributed by atoms with Crippen molar-refractivity contribution in [3.05, 3.63) is 138 Å². The fraction of sp³-hybridized carbons (Fsp3) is 0.293. The molecule has 0 fully saturated rings. The molecule has 3 heteroatoms. The summed E-state index contributed by atoms with van der Waals surface area (Å²) in [7, 11) is 0. The maximum atomic E-state index is 6.54. The number of pyridine rings is 1. The minimum atomic E-state index is -0.144. The maximum Gasteiger partial charge on any atom is 0.131 e. The van der Waals surface area contributed by atoms with Crippen molar-refractivity contribution in [1.29, 1.82) is 0 Å². The molecular weight excluding hydrogens is 536 g/mol. The van der Waals surface area contributed by atoms with E-state index in [-0.39, 0.29) is 16.9 Å². The fourth-order valence-corrected chi connectivity index (χ4v) is 8.94. The summed E-state index contributed by atoms with van der Waals surface area (Å²) < 4.78 is 9.17. The van der Waals surface area contributed by atoms with E-state index in [9.17, 15) is 0 Å². The van der Waals surface area contributed by atoms with E-state index in [2.05, 4.69) is 134 Å². The number of allylic oxidation sites excluding steroid dienone is 14. The Balaban J connectivity index is 1.24. The number of benzene rings is 1. The van der Waals surface area contributed by atoms with E-state index in [1.54, 1.807) is 0 Å². The van der Waals surface area contributed by atoms with E-state index in [1.807, 2.05) is 6.20 Å². The predicted octanol–water partition coefficient (Wildman–Crippen LogP) is 9.87. The second-order valence-corrected chi connectivity index (χ2v) is 13.9. The SMILES string of the molecule is CC1(C)c2c(c3cnccc3n2C2=CC=C(c3cccc4c3O[C@@H]3C=CC=CC43)CC2)C2=C(C=CCC2)C2C=CC=C[C@]21C. The first-order valence-corrected chi connectivity index (χ1v) is 16.3. The molecule has 3 nitrogen and oxygen atoms in total. The standard InChI is InChI=1S/C41H38N2O/c1-40(2)39-37(31-13-5-4-11-29(31)34-16-8-9-23-41(34,40)3)33-25-42-24-22-35(33)43(39)27-20-18-26(19-21-27)28-14-10-15-32-30-12-6-7-17-36(30)44-38(28)32/h4,6-12,14-18,20,22-25,30,34,36H,5,13,19,21H2,1-3H3/t30?,34?,36-,41-/m1/s1. The highest BCUT2D eigenvalue weighted by Gasteiger charge is 2.52. The first kappa shape index (κ1) is 26.1. The average Bonchev–Trinajstić information content (AvgIpc) is 3.60. The van der Waals surface area contributed by atoms with Crippen molar-refractivity contribution in [3.63, 3.8) is 0 Å².